The fraction of sp³-hybridized carbons (Fsp3) is 0.429. The minimum absolute atomic E-state index is 0.0851. The van der Waals surface area contributed by atoms with Crippen LogP contribution in [0.1, 0.15) is 57.4 Å². The Morgan fingerprint density at radius 1 is 1.09 bits per heavy atom. The minimum atomic E-state index is -0.706. The highest BCUT2D eigenvalue weighted by atomic mass is 35.5. The lowest BCUT2D eigenvalue weighted by molar-refractivity contribution is -0.140. The SMILES string of the molecule is CCN(CC)CCN1C(=O)C(=O)/C(=C(\O)c2ccc(OC)c(C(C)(C)C)c2)C1c1ccc(Cl)cc1. The number of rotatable bonds is 8. The summed E-state index contributed by atoms with van der Waals surface area (Å²) in [5.74, 6) is -0.789. The normalized spacial score (nSPS) is 17.9. The largest absolute Gasteiger partial charge is 0.507 e. The Hall–Kier alpha value is -2.83. The number of likely N-dealkylation sites (N-methyl/N-ethyl adjacent to an activating group) is 1. The number of aliphatic hydroxyl groups excluding tert-OH is 1. The topological polar surface area (TPSA) is 70.1 Å². The number of ether oxygens (including phenoxy) is 1. The first-order valence-corrected chi connectivity index (χ1v) is 12.4. The van der Waals surface area contributed by atoms with Crippen LogP contribution < -0.4 is 4.74 Å². The fourth-order valence-corrected chi connectivity index (χ4v) is 4.61. The number of amides is 1. The predicted octanol–water partition coefficient (Wildman–Crippen LogP) is 5.41. The third-order valence-corrected chi connectivity index (χ3v) is 6.81. The number of carbonyl (C=O) groups excluding carboxylic acids is 2. The van der Waals surface area contributed by atoms with Crippen LogP contribution in [0.5, 0.6) is 5.75 Å². The molecule has 1 aliphatic rings. The van der Waals surface area contributed by atoms with Crippen LogP contribution in [0.15, 0.2) is 48.0 Å². The minimum Gasteiger partial charge on any atom is -0.507 e. The summed E-state index contributed by atoms with van der Waals surface area (Å²) in [6, 6.07) is 11.7. The standard InChI is InChI=1S/C28H35ClN2O4/c1-7-30(8-2)15-16-31-24(18-9-12-20(29)13-10-18)23(26(33)27(31)34)25(32)19-11-14-22(35-6)21(17-19)28(3,4)5/h9-14,17,24,32H,7-8,15-16H2,1-6H3/b25-23-. The van der Waals surface area contributed by atoms with Gasteiger partial charge in [0.1, 0.15) is 11.5 Å². The Balaban J connectivity index is 2.16. The molecule has 1 amide bonds. The third-order valence-electron chi connectivity index (χ3n) is 6.56. The average Bonchev–Trinajstić information content (AvgIpc) is 3.08. The maximum absolute atomic E-state index is 13.3. The lowest BCUT2D eigenvalue weighted by Gasteiger charge is -2.28. The fourth-order valence-electron chi connectivity index (χ4n) is 4.49. The van der Waals surface area contributed by atoms with Crippen LogP contribution in [-0.2, 0) is 15.0 Å². The van der Waals surface area contributed by atoms with Crippen molar-refractivity contribution in [2.45, 2.75) is 46.1 Å². The van der Waals surface area contributed by atoms with E-state index < -0.39 is 17.7 Å². The highest BCUT2D eigenvalue weighted by molar-refractivity contribution is 6.46. The predicted molar refractivity (Wildman–Crippen MR) is 140 cm³/mol. The van der Waals surface area contributed by atoms with Gasteiger partial charge in [0, 0.05) is 29.2 Å². The zero-order chi connectivity index (χ0) is 25.9. The van der Waals surface area contributed by atoms with Gasteiger partial charge in [0.2, 0.25) is 0 Å². The number of nitrogens with zero attached hydrogens (tertiary/aromatic N) is 2. The van der Waals surface area contributed by atoms with Crippen LogP contribution in [0, 0.1) is 0 Å². The van der Waals surface area contributed by atoms with Crippen molar-refractivity contribution in [1.29, 1.82) is 0 Å². The lowest BCUT2D eigenvalue weighted by atomic mass is 9.84. The highest BCUT2D eigenvalue weighted by Gasteiger charge is 2.46. The molecule has 0 aliphatic carbocycles. The first kappa shape index (κ1) is 26.8. The maximum Gasteiger partial charge on any atom is 0.295 e. The van der Waals surface area contributed by atoms with Crippen LogP contribution in [0.2, 0.25) is 5.02 Å². The Kier molecular flexibility index (Phi) is 8.29. The smallest absolute Gasteiger partial charge is 0.295 e. The van der Waals surface area contributed by atoms with E-state index in [4.69, 9.17) is 16.3 Å². The molecule has 0 bridgehead atoms. The molecule has 35 heavy (non-hydrogen) atoms. The summed E-state index contributed by atoms with van der Waals surface area (Å²) in [6.07, 6.45) is 0. The third kappa shape index (κ3) is 5.54. The second-order valence-electron chi connectivity index (χ2n) is 9.74. The van der Waals surface area contributed by atoms with Crippen molar-refractivity contribution in [3.05, 3.63) is 69.8 Å². The van der Waals surface area contributed by atoms with Crippen molar-refractivity contribution in [2.75, 3.05) is 33.3 Å². The number of carbonyl (C=O) groups is 2. The van der Waals surface area contributed by atoms with E-state index in [9.17, 15) is 14.7 Å². The number of aliphatic hydroxyl groups is 1. The van der Waals surface area contributed by atoms with E-state index in [1.165, 1.54) is 0 Å². The summed E-state index contributed by atoms with van der Waals surface area (Å²) >= 11 is 6.11. The average molecular weight is 499 g/mol. The van der Waals surface area contributed by atoms with Crippen LogP contribution in [0.4, 0.5) is 0 Å². The van der Waals surface area contributed by atoms with Crippen LogP contribution in [0.3, 0.4) is 0 Å². The summed E-state index contributed by atoms with van der Waals surface area (Å²) in [6.45, 7) is 12.9. The summed E-state index contributed by atoms with van der Waals surface area (Å²) < 4.78 is 5.52. The molecule has 1 atom stereocenters. The summed E-state index contributed by atoms with van der Waals surface area (Å²) in [4.78, 5) is 30.2. The van der Waals surface area contributed by atoms with E-state index in [1.807, 2.05) is 6.07 Å². The monoisotopic (exact) mass is 498 g/mol. The van der Waals surface area contributed by atoms with Gasteiger partial charge in [0.05, 0.1) is 18.7 Å². The molecule has 3 rings (SSSR count). The first-order valence-electron chi connectivity index (χ1n) is 12.0. The van der Waals surface area contributed by atoms with Gasteiger partial charge in [0.15, 0.2) is 0 Å². The second kappa shape index (κ2) is 10.8. The number of benzene rings is 2. The molecular formula is C28H35ClN2O4. The van der Waals surface area contributed by atoms with Crippen LogP contribution in [0.25, 0.3) is 5.76 Å². The van der Waals surface area contributed by atoms with E-state index in [0.29, 0.717) is 29.4 Å². The number of ketones is 1. The van der Waals surface area contributed by atoms with Gasteiger partial charge in [-0.05, 0) is 54.4 Å². The summed E-state index contributed by atoms with van der Waals surface area (Å²) in [5, 5.41) is 12.0. The molecule has 0 spiro atoms. The van der Waals surface area contributed by atoms with Crippen molar-refractivity contribution in [3.63, 3.8) is 0 Å². The van der Waals surface area contributed by atoms with Gasteiger partial charge >= 0.3 is 0 Å². The highest BCUT2D eigenvalue weighted by Crippen LogP contribution is 2.41. The number of Topliss-reactive ketones (excluding diaryl/α,β-unsaturated/α-hetero) is 1. The molecule has 0 radical (unpaired) electrons. The van der Waals surface area contributed by atoms with E-state index >= 15 is 0 Å². The number of hydrogen-bond acceptors (Lipinski definition) is 5. The molecular weight excluding hydrogens is 464 g/mol. The second-order valence-corrected chi connectivity index (χ2v) is 10.2. The Morgan fingerprint density at radius 2 is 1.71 bits per heavy atom. The van der Waals surface area contributed by atoms with E-state index in [1.54, 1.807) is 48.4 Å². The molecule has 1 saturated heterocycles. The molecule has 2 aromatic carbocycles. The van der Waals surface area contributed by atoms with Crippen LogP contribution >= 0.6 is 11.6 Å². The Morgan fingerprint density at radius 3 is 2.26 bits per heavy atom. The quantitative estimate of drug-likeness (QED) is 0.299. The van der Waals surface area contributed by atoms with Crippen molar-refractivity contribution in [3.8, 4) is 5.75 Å². The van der Waals surface area contributed by atoms with Crippen molar-refractivity contribution in [1.82, 2.24) is 9.80 Å². The number of halogens is 1. The van der Waals surface area contributed by atoms with E-state index in [0.717, 1.165) is 24.2 Å². The number of methoxy groups -OCH3 is 1. The van der Waals surface area contributed by atoms with Crippen molar-refractivity contribution >= 4 is 29.1 Å². The molecule has 188 valence electrons. The zero-order valence-corrected chi connectivity index (χ0v) is 22.1. The molecule has 1 aliphatic heterocycles. The molecule has 7 heteroatoms. The summed E-state index contributed by atoms with van der Waals surface area (Å²) in [7, 11) is 1.60. The molecule has 1 N–H and O–H groups in total. The molecule has 1 fully saturated rings. The Bertz CT molecular complexity index is 1110. The van der Waals surface area contributed by atoms with Gasteiger partial charge in [-0.25, -0.2) is 0 Å². The summed E-state index contributed by atoms with van der Waals surface area (Å²) in [5.41, 5.74) is 1.91. The van der Waals surface area contributed by atoms with E-state index in [2.05, 4.69) is 39.5 Å². The Labute approximate surface area is 213 Å². The molecule has 6 nitrogen and oxygen atoms in total. The van der Waals surface area contributed by atoms with Crippen LogP contribution in [-0.4, -0.2) is 59.9 Å². The lowest BCUT2D eigenvalue weighted by Crippen LogP contribution is -2.38. The maximum atomic E-state index is 13.3. The first-order chi connectivity index (χ1) is 16.5. The van der Waals surface area contributed by atoms with Gasteiger partial charge < -0.3 is 19.6 Å². The zero-order valence-electron chi connectivity index (χ0n) is 21.4. The van der Waals surface area contributed by atoms with E-state index in [-0.39, 0.29) is 16.7 Å². The molecule has 2 aromatic rings. The van der Waals surface area contributed by atoms with Gasteiger partial charge in [-0.2, -0.15) is 0 Å². The molecule has 0 aromatic heterocycles. The number of hydrogen-bond donors (Lipinski definition) is 1. The molecule has 1 heterocycles. The van der Waals surface area contributed by atoms with Gasteiger partial charge in [-0.15, -0.1) is 0 Å². The van der Waals surface area contributed by atoms with Crippen molar-refractivity contribution in [2.24, 2.45) is 0 Å². The molecule has 0 saturated carbocycles. The van der Waals surface area contributed by atoms with Gasteiger partial charge in [-0.1, -0.05) is 58.4 Å². The van der Waals surface area contributed by atoms with Gasteiger partial charge in [0.25, 0.3) is 11.7 Å². The van der Waals surface area contributed by atoms with Crippen molar-refractivity contribution < 1.29 is 19.4 Å². The molecule has 1 unspecified atom stereocenters. The van der Waals surface area contributed by atoms with Gasteiger partial charge in [-0.3, -0.25) is 9.59 Å². The number of likely N-dealkylation sites (tertiary alicyclic amines) is 1.